The number of piperidine rings is 1. The standard InChI is InChI=1S/C13H22N2O4/c1-3-8-19-15-11(16)9-10(12(17)18-2)13(15)4-6-14-7-5-13/h10,14H,3-9H2,1-2H3/t10-/m0/s1. The highest BCUT2D eigenvalue weighted by Gasteiger charge is 2.57. The summed E-state index contributed by atoms with van der Waals surface area (Å²) in [7, 11) is 1.37. The van der Waals surface area contributed by atoms with Gasteiger partial charge < -0.3 is 10.1 Å². The van der Waals surface area contributed by atoms with E-state index in [0.29, 0.717) is 6.61 Å². The highest BCUT2D eigenvalue weighted by molar-refractivity contribution is 5.88. The lowest BCUT2D eigenvalue weighted by Crippen LogP contribution is -2.56. The van der Waals surface area contributed by atoms with Crippen molar-refractivity contribution in [2.75, 3.05) is 26.8 Å². The zero-order valence-corrected chi connectivity index (χ0v) is 11.6. The second-order valence-electron chi connectivity index (χ2n) is 5.15. The Morgan fingerprint density at radius 2 is 2.16 bits per heavy atom. The third kappa shape index (κ3) is 2.47. The van der Waals surface area contributed by atoms with Gasteiger partial charge in [0.15, 0.2) is 0 Å². The van der Waals surface area contributed by atoms with Gasteiger partial charge in [-0.25, -0.2) is 5.06 Å². The van der Waals surface area contributed by atoms with Crippen LogP contribution in [0.3, 0.4) is 0 Å². The van der Waals surface area contributed by atoms with E-state index in [-0.39, 0.29) is 18.3 Å². The molecule has 2 aliphatic rings. The highest BCUT2D eigenvalue weighted by atomic mass is 16.7. The smallest absolute Gasteiger partial charge is 0.311 e. The molecule has 2 heterocycles. The van der Waals surface area contributed by atoms with Crippen LogP contribution in [0.15, 0.2) is 0 Å². The zero-order valence-electron chi connectivity index (χ0n) is 11.6. The third-order valence-corrected chi connectivity index (χ3v) is 4.04. The maximum atomic E-state index is 12.2. The lowest BCUT2D eigenvalue weighted by Gasteiger charge is -2.42. The minimum atomic E-state index is -0.523. The normalized spacial score (nSPS) is 25.9. The Balaban J connectivity index is 2.25. The summed E-state index contributed by atoms with van der Waals surface area (Å²) < 4.78 is 4.87. The summed E-state index contributed by atoms with van der Waals surface area (Å²) in [5.74, 6) is -0.826. The molecule has 0 saturated carbocycles. The summed E-state index contributed by atoms with van der Waals surface area (Å²) in [6.07, 6.45) is 2.47. The largest absolute Gasteiger partial charge is 0.469 e. The molecule has 2 rings (SSSR count). The van der Waals surface area contributed by atoms with Crippen LogP contribution in [-0.2, 0) is 19.2 Å². The van der Waals surface area contributed by atoms with E-state index in [0.717, 1.165) is 32.4 Å². The number of carbonyl (C=O) groups excluding carboxylic acids is 2. The Bertz CT molecular complexity index is 353. The molecule has 0 aromatic rings. The van der Waals surface area contributed by atoms with Gasteiger partial charge in [-0.1, -0.05) is 6.92 Å². The molecule has 0 unspecified atom stereocenters. The lowest BCUT2D eigenvalue weighted by molar-refractivity contribution is -0.220. The van der Waals surface area contributed by atoms with E-state index in [1.807, 2.05) is 6.92 Å². The van der Waals surface area contributed by atoms with Gasteiger partial charge in [-0.15, -0.1) is 0 Å². The van der Waals surface area contributed by atoms with Gasteiger partial charge in [0.2, 0.25) is 5.91 Å². The zero-order chi connectivity index (χ0) is 13.9. The molecular weight excluding hydrogens is 248 g/mol. The van der Waals surface area contributed by atoms with E-state index in [1.54, 1.807) is 0 Å². The Morgan fingerprint density at radius 1 is 1.47 bits per heavy atom. The molecule has 6 nitrogen and oxygen atoms in total. The van der Waals surface area contributed by atoms with Gasteiger partial charge >= 0.3 is 5.97 Å². The summed E-state index contributed by atoms with van der Waals surface area (Å²) in [5.41, 5.74) is -0.523. The molecule has 0 aromatic carbocycles. The van der Waals surface area contributed by atoms with Crippen molar-refractivity contribution in [1.29, 1.82) is 0 Å². The van der Waals surface area contributed by atoms with Gasteiger partial charge in [-0.05, 0) is 32.4 Å². The van der Waals surface area contributed by atoms with Crippen LogP contribution >= 0.6 is 0 Å². The van der Waals surface area contributed by atoms with Crippen LogP contribution < -0.4 is 5.32 Å². The topological polar surface area (TPSA) is 67.9 Å². The maximum Gasteiger partial charge on any atom is 0.311 e. The molecule has 2 saturated heterocycles. The highest BCUT2D eigenvalue weighted by Crippen LogP contribution is 2.43. The van der Waals surface area contributed by atoms with Gasteiger partial charge in [0.05, 0.1) is 25.2 Å². The molecule has 0 aromatic heterocycles. The van der Waals surface area contributed by atoms with Gasteiger partial charge in [0.25, 0.3) is 0 Å². The fourth-order valence-electron chi connectivity index (χ4n) is 3.08. The SMILES string of the molecule is CCCON1C(=O)C[C@@H](C(=O)OC)C12CCNCC2. The van der Waals surface area contributed by atoms with E-state index >= 15 is 0 Å². The molecule has 1 amide bonds. The first kappa shape index (κ1) is 14.3. The first-order chi connectivity index (χ1) is 9.15. The molecule has 0 radical (unpaired) electrons. The molecule has 6 heteroatoms. The van der Waals surface area contributed by atoms with E-state index < -0.39 is 11.5 Å². The Labute approximate surface area is 113 Å². The van der Waals surface area contributed by atoms with E-state index in [2.05, 4.69) is 5.32 Å². The number of rotatable bonds is 4. The summed E-state index contributed by atoms with van der Waals surface area (Å²) >= 11 is 0. The number of nitrogens with zero attached hydrogens (tertiary/aromatic N) is 1. The molecule has 0 bridgehead atoms. The van der Waals surface area contributed by atoms with Crippen LogP contribution in [-0.4, -0.2) is 49.3 Å². The van der Waals surface area contributed by atoms with Crippen LogP contribution in [0.1, 0.15) is 32.6 Å². The number of hydrogen-bond donors (Lipinski definition) is 1. The minimum absolute atomic E-state index is 0.106. The molecule has 0 aliphatic carbocycles. The summed E-state index contributed by atoms with van der Waals surface area (Å²) in [6.45, 7) is 4.06. The average molecular weight is 270 g/mol. The van der Waals surface area contributed by atoms with Gasteiger partial charge in [-0.2, -0.15) is 0 Å². The number of amides is 1. The Morgan fingerprint density at radius 3 is 2.74 bits per heavy atom. The van der Waals surface area contributed by atoms with Crippen molar-refractivity contribution in [3.63, 3.8) is 0 Å². The minimum Gasteiger partial charge on any atom is -0.469 e. The molecule has 108 valence electrons. The van der Waals surface area contributed by atoms with E-state index in [4.69, 9.17) is 9.57 Å². The molecule has 2 aliphatic heterocycles. The van der Waals surface area contributed by atoms with Crippen molar-refractivity contribution >= 4 is 11.9 Å². The fraction of sp³-hybridized carbons (Fsp3) is 0.846. The third-order valence-electron chi connectivity index (χ3n) is 4.04. The van der Waals surface area contributed by atoms with Crippen LogP contribution in [0.2, 0.25) is 0 Å². The predicted molar refractivity (Wildman–Crippen MR) is 68.0 cm³/mol. The van der Waals surface area contributed by atoms with Crippen LogP contribution in [0.25, 0.3) is 0 Å². The maximum absolute atomic E-state index is 12.2. The van der Waals surface area contributed by atoms with Crippen molar-refractivity contribution < 1.29 is 19.2 Å². The van der Waals surface area contributed by atoms with Crippen molar-refractivity contribution in [1.82, 2.24) is 10.4 Å². The quantitative estimate of drug-likeness (QED) is 0.752. The van der Waals surface area contributed by atoms with Crippen molar-refractivity contribution in [2.45, 2.75) is 38.1 Å². The van der Waals surface area contributed by atoms with Gasteiger partial charge in [0.1, 0.15) is 0 Å². The fourth-order valence-corrected chi connectivity index (χ4v) is 3.08. The Hall–Kier alpha value is -1.14. The average Bonchev–Trinajstić information content (AvgIpc) is 2.69. The van der Waals surface area contributed by atoms with Crippen LogP contribution in [0, 0.1) is 5.92 Å². The van der Waals surface area contributed by atoms with Crippen LogP contribution in [0.5, 0.6) is 0 Å². The van der Waals surface area contributed by atoms with E-state index in [9.17, 15) is 9.59 Å². The number of methoxy groups -OCH3 is 1. The number of ether oxygens (including phenoxy) is 1. The van der Waals surface area contributed by atoms with Gasteiger partial charge in [-0.3, -0.25) is 14.4 Å². The van der Waals surface area contributed by atoms with E-state index in [1.165, 1.54) is 12.2 Å². The molecule has 2 fully saturated rings. The molecular formula is C13H22N2O4. The summed E-state index contributed by atoms with van der Waals surface area (Å²) in [4.78, 5) is 29.8. The lowest BCUT2D eigenvalue weighted by atomic mass is 9.78. The molecule has 1 N–H and O–H groups in total. The number of nitrogens with one attached hydrogen (secondary N) is 1. The van der Waals surface area contributed by atoms with Crippen molar-refractivity contribution in [2.24, 2.45) is 5.92 Å². The van der Waals surface area contributed by atoms with Crippen LogP contribution in [0.4, 0.5) is 0 Å². The second kappa shape index (κ2) is 5.88. The molecule has 19 heavy (non-hydrogen) atoms. The second-order valence-corrected chi connectivity index (χ2v) is 5.15. The predicted octanol–water partition coefficient (Wildman–Crippen LogP) is 0.472. The van der Waals surface area contributed by atoms with Gasteiger partial charge in [0, 0.05) is 6.42 Å². The first-order valence-corrected chi connectivity index (χ1v) is 6.90. The number of hydroxylamine groups is 2. The number of carbonyl (C=O) groups is 2. The molecule has 1 atom stereocenters. The first-order valence-electron chi connectivity index (χ1n) is 6.90. The Kier molecular flexibility index (Phi) is 4.42. The monoisotopic (exact) mass is 270 g/mol. The number of hydrogen-bond acceptors (Lipinski definition) is 5. The summed E-state index contributed by atoms with van der Waals surface area (Å²) in [6, 6.07) is 0. The number of esters is 1. The summed E-state index contributed by atoms with van der Waals surface area (Å²) in [5, 5.41) is 4.73. The van der Waals surface area contributed by atoms with Crippen molar-refractivity contribution in [3.05, 3.63) is 0 Å². The van der Waals surface area contributed by atoms with Crippen molar-refractivity contribution in [3.8, 4) is 0 Å². The molecule has 1 spiro atoms.